The van der Waals surface area contributed by atoms with Gasteiger partial charge in [-0.1, -0.05) is 177 Å². The summed E-state index contributed by atoms with van der Waals surface area (Å²) in [5.41, 5.74) is 2.71. The van der Waals surface area contributed by atoms with E-state index in [1.807, 2.05) is 72.8 Å². The van der Waals surface area contributed by atoms with Gasteiger partial charge in [-0.2, -0.15) is 0 Å². The third kappa shape index (κ3) is 9.12. The number of benzene rings is 4. The molecule has 4 aromatic carbocycles. The highest BCUT2D eigenvalue weighted by molar-refractivity contribution is 5.20. The highest BCUT2D eigenvalue weighted by Gasteiger charge is 2.55. The van der Waals surface area contributed by atoms with Gasteiger partial charge in [-0.05, 0) is 0 Å². The number of ether oxygens (including phenoxy) is 8. The first-order chi connectivity index (χ1) is 28.2. The highest BCUT2D eigenvalue weighted by Crippen LogP contribution is 2.52. The lowest BCUT2D eigenvalue weighted by Crippen LogP contribution is -2.57. The minimum Gasteiger partial charge on any atom is -0.348 e. The molecule has 0 aliphatic carbocycles. The van der Waals surface area contributed by atoms with Crippen LogP contribution in [0, 0.1) is 21.7 Å². The lowest BCUT2D eigenvalue weighted by Gasteiger charge is -2.54. The van der Waals surface area contributed by atoms with Crippen molar-refractivity contribution in [3.05, 3.63) is 144 Å². The number of hydrogen-bond acceptors (Lipinski definition) is 8. The van der Waals surface area contributed by atoms with E-state index in [1.165, 1.54) is 0 Å². The molecule has 4 saturated heterocycles. The zero-order valence-corrected chi connectivity index (χ0v) is 36.1. The highest BCUT2D eigenvalue weighted by atomic mass is 16.7. The average molecular weight is 805 g/mol. The predicted molar refractivity (Wildman–Crippen MR) is 227 cm³/mol. The van der Waals surface area contributed by atoms with Crippen LogP contribution in [0.15, 0.2) is 121 Å². The van der Waals surface area contributed by atoms with Crippen LogP contribution in [-0.4, -0.2) is 49.8 Å². The summed E-state index contributed by atoms with van der Waals surface area (Å²) < 4.78 is 54.6. The summed E-state index contributed by atoms with van der Waals surface area (Å²) in [4.78, 5) is 0. The molecule has 0 amide bonds. The van der Waals surface area contributed by atoms with Crippen LogP contribution >= 0.6 is 0 Å². The Bertz CT molecular complexity index is 1790. The normalized spacial score (nSPS) is 33.8. The molecule has 0 saturated carbocycles. The molecule has 0 spiro atoms. The van der Waals surface area contributed by atoms with E-state index in [0.29, 0.717) is 32.5 Å². The van der Waals surface area contributed by atoms with Crippen molar-refractivity contribution in [2.45, 2.75) is 136 Å². The van der Waals surface area contributed by atoms with Crippen molar-refractivity contribution in [2.75, 3.05) is 13.2 Å². The summed E-state index contributed by atoms with van der Waals surface area (Å²) in [5.74, 6) is 0. The maximum Gasteiger partial charge on any atom is 0.184 e. The van der Waals surface area contributed by atoms with Crippen LogP contribution < -0.4 is 0 Å². The first kappa shape index (κ1) is 42.3. The van der Waals surface area contributed by atoms with Crippen LogP contribution in [0.4, 0.5) is 0 Å². The number of hydrogen-bond donors (Lipinski definition) is 0. The summed E-state index contributed by atoms with van der Waals surface area (Å²) in [6, 6.07) is 41.0. The molecule has 0 N–H and O–H groups in total. The van der Waals surface area contributed by atoms with Gasteiger partial charge in [0, 0.05) is 63.2 Å². The van der Waals surface area contributed by atoms with E-state index in [2.05, 4.69) is 104 Å². The molecule has 4 heterocycles. The Morgan fingerprint density at radius 3 is 0.864 bits per heavy atom. The van der Waals surface area contributed by atoms with Gasteiger partial charge in [-0.3, -0.25) is 0 Å². The van der Waals surface area contributed by atoms with Crippen molar-refractivity contribution in [1.29, 1.82) is 0 Å². The van der Waals surface area contributed by atoms with Gasteiger partial charge in [0.1, 0.15) is 0 Å². The van der Waals surface area contributed by atoms with E-state index in [-0.39, 0.29) is 47.5 Å². The molecule has 10 atom stereocenters. The lowest BCUT2D eigenvalue weighted by molar-refractivity contribution is -0.344. The molecular formula is C51H64O8. The predicted octanol–water partition coefficient (Wildman–Crippen LogP) is 11.5. The van der Waals surface area contributed by atoms with Crippen LogP contribution in [0.25, 0.3) is 0 Å². The Kier molecular flexibility index (Phi) is 12.3. The summed E-state index contributed by atoms with van der Waals surface area (Å²) in [6.07, 6.45) is -1.05. The SMILES string of the molecule is CC1(C)CO[C@@H](c2ccccc2)O[C@H]1C[C@@H]1O[C@H](c2ccccc2)O[C@H](C[C@H]2O[C@@H](c3ccccc3)O[C@@H](C[C@@H]3O[C@H](c4ccccc4)OCC3(C)C)C2(C)C)C1(C)C. The quantitative estimate of drug-likeness (QED) is 0.157. The van der Waals surface area contributed by atoms with Gasteiger partial charge in [-0.15, -0.1) is 0 Å². The van der Waals surface area contributed by atoms with Crippen molar-refractivity contribution in [1.82, 2.24) is 0 Å². The average Bonchev–Trinajstić information content (AvgIpc) is 3.23. The van der Waals surface area contributed by atoms with Crippen molar-refractivity contribution >= 4 is 0 Å². The minimum atomic E-state index is -0.554. The largest absolute Gasteiger partial charge is 0.348 e. The van der Waals surface area contributed by atoms with Crippen LogP contribution in [0.5, 0.6) is 0 Å². The molecule has 0 radical (unpaired) electrons. The monoisotopic (exact) mass is 804 g/mol. The molecule has 316 valence electrons. The lowest BCUT2D eigenvalue weighted by atomic mass is 9.68. The smallest absolute Gasteiger partial charge is 0.184 e. The van der Waals surface area contributed by atoms with Gasteiger partial charge in [0.2, 0.25) is 0 Å². The fraction of sp³-hybridized carbons (Fsp3) is 0.529. The topological polar surface area (TPSA) is 73.8 Å². The summed E-state index contributed by atoms with van der Waals surface area (Å²) in [7, 11) is 0. The molecule has 4 aliphatic heterocycles. The number of rotatable bonds is 10. The van der Waals surface area contributed by atoms with Gasteiger partial charge in [0.25, 0.3) is 0 Å². The maximum atomic E-state index is 7.12. The molecule has 8 nitrogen and oxygen atoms in total. The second kappa shape index (κ2) is 17.1. The van der Waals surface area contributed by atoms with Crippen molar-refractivity contribution in [3.8, 4) is 0 Å². The molecule has 8 heteroatoms. The molecule has 0 aromatic heterocycles. The molecule has 0 bridgehead atoms. The Morgan fingerprint density at radius 2 is 0.576 bits per heavy atom. The zero-order valence-electron chi connectivity index (χ0n) is 36.1. The van der Waals surface area contributed by atoms with Gasteiger partial charge in [0.05, 0.1) is 49.8 Å². The first-order valence-corrected chi connectivity index (χ1v) is 21.6. The zero-order chi connectivity index (χ0) is 41.4. The molecule has 4 aromatic rings. The van der Waals surface area contributed by atoms with Crippen LogP contribution in [-0.2, 0) is 37.9 Å². The van der Waals surface area contributed by atoms with E-state index >= 15 is 0 Å². The van der Waals surface area contributed by atoms with Gasteiger partial charge < -0.3 is 37.9 Å². The van der Waals surface area contributed by atoms with E-state index in [4.69, 9.17) is 37.9 Å². The summed E-state index contributed by atoms with van der Waals surface area (Å²) in [6.45, 7) is 19.2. The third-order valence-electron chi connectivity index (χ3n) is 13.6. The van der Waals surface area contributed by atoms with Crippen molar-refractivity contribution in [3.63, 3.8) is 0 Å². The molecule has 0 unspecified atom stereocenters. The third-order valence-corrected chi connectivity index (χ3v) is 13.6. The van der Waals surface area contributed by atoms with Crippen LogP contribution in [0.1, 0.15) is 122 Å². The van der Waals surface area contributed by atoms with Gasteiger partial charge in [-0.25, -0.2) is 0 Å². The standard InChI is InChI=1S/C51H64O8/c1-48(2)32-52-44(34-21-13-9-14-22-34)54-38(48)29-40-50(5,6)42(58-46(56-40)36-25-17-11-18-26-36)31-43-51(7,8)41(57-47(59-43)37-27-19-12-20-28-37)30-39-49(3,4)33-53-45(55-39)35-23-15-10-16-24-35/h9-28,38-47H,29-33H2,1-8H3/t38-,39-,40-,41-,42+,43+,44+,45+,46-,47-/m0/s1. The fourth-order valence-electron chi connectivity index (χ4n) is 9.16. The summed E-state index contributed by atoms with van der Waals surface area (Å²) in [5, 5.41) is 0. The Balaban J connectivity index is 1.09. The molecular weight excluding hydrogens is 741 g/mol. The van der Waals surface area contributed by atoms with Crippen LogP contribution in [0.3, 0.4) is 0 Å². The molecule has 59 heavy (non-hydrogen) atoms. The molecule has 4 aliphatic rings. The Labute approximate surface area is 351 Å². The van der Waals surface area contributed by atoms with E-state index in [0.717, 1.165) is 22.3 Å². The second-order valence-electron chi connectivity index (χ2n) is 19.7. The van der Waals surface area contributed by atoms with E-state index in [9.17, 15) is 0 Å². The van der Waals surface area contributed by atoms with Crippen molar-refractivity contribution in [2.24, 2.45) is 21.7 Å². The molecule has 4 fully saturated rings. The Hall–Kier alpha value is -3.44. The first-order valence-electron chi connectivity index (χ1n) is 21.6. The summed E-state index contributed by atoms with van der Waals surface area (Å²) >= 11 is 0. The second-order valence-corrected chi connectivity index (χ2v) is 19.7. The van der Waals surface area contributed by atoms with E-state index < -0.39 is 36.0 Å². The Morgan fingerprint density at radius 1 is 0.339 bits per heavy atom. The van der Waals surface area contributed by atoms with Gasteiger partial charge in [0.15, 0.2) is 25.2 Å². The van der Waals surface area contributed by atoms with E-state index in [1.54, 1.807) is 0 Å². The van der Waals surface area contributed by atoms with Gasteiger partial charge >= 0.3 is 0 Å². The van der Waals surface area contributed by atoms with Crippen LogP contribution in [0.2, 0.25) is 0 Å². The maximum absolute atomic E-state index is 7.12. The fourth-order valence-corrected chi connectivity index (χ4v) is 9.16. The molecule has 8 rings (SSSR count). The minimum absolute atomic E-state index is 0.119. The van der Waals surface area contributed by atoms with Crippen molar-refractivity contribution < 1.29 is 37.9 Å².